The molecule has 1 aromatic carbocycles. The Hall–Kier alpha value is -2.50. The molecular weight excluding hydrogens is 244 g/mol. The van der Waals surface area contributed by atoms with E-state index in [1.807, 2.05) is 6.92 Å². The van der Waals surface area contributed by atoms with Crippen LogP contribution >= 0.6 is 0 Å². The lowest BCUT2D eigenvalue weighted by Crippen LogP contribution is -2.36. The van der Waals surface area contributed by atoms with E-state index < -0.39 is 0 Å². The molecule has 1 heterocycles. The maximum absolute atomic E-state index is 12.0. The van der Waals surface area contributed by atoms with Gasteiger partial charge in [0, 0.05) is 29.3 Å². The monoisotopic (exact) mass is 260 g/mol. The molecule has 5 N–H and O–H groups in total. The van der Waals surface area contributed by atoms with E-state index in [1.54, 1.807) is 24.4 Å². The van der Waals surface area contributed by atoms with Crippen molar-refractivity contribution in [1.82, 2.24) is 15.6 Å². The van der Waals surface area contributed by atoms with Crippen LogP contribution in [0.15, 0.2) is 24.4 Å². The first-order valence-corrected chi connectivity index (χ1v) is 6.03. The van der Waals surface area contributed by atoms with Crippen molar-refractivity contribution < 1.29 is 9.59 Å². The third-order valence-electron chi connectivity index (χ3n) is 2.73. The van der Waals surface area contributed by atoms with Crippen LogP contribution in [-0.2, 0) is 4.79 Å². The third-order valence-corrected chi connectivity index (χ3v) is 2.73. The number of carbonyl (C=O) groups excluding carboxylic acids is 2. The van der Waals surface area contributed by atoms with E-state index >= 15 is 0 Å². The number of aromatic nitrogens is 1. The Kier molecular flexibility index (Phi) is 3.70. The first-order valence-electron chi connectivity index (χ1n) is 6.03. The number of likely N-dealkylation sites (N-methyl/N-ethyl adjacent to an activating group) is 1. The smallest absolute Gasteiger partial charge is 0.253 e. The second kappa shape index (κ2) is 5.43. The molecule has 2 amide bonds. The number of benzene rings is 1. The molecule has 1 aromatic heterocycles. The van der Waals surface area contributed by atoms with Gasteiger partial charge in [-0.1, -0.05) is 0 Å². The van der Waals surface area contributed by atoms with Crippen LogP contribution in [0.1, 0.15) is 17.3 Å². The number of anilines is 1. The second-order valence-corrected chi connectivity index (χ2v) is 4.14. The lowest BCUT2D eigenvalue weighted by atomic mass is 10.1. The summed E-state index contributed by atoms with van der Waals surface area (Å²) in [5.41, 5.74) is 7.59. The quantitative estimate of drug-likeness (QED) is 0.606. The number of hydrogen-bond donors (Lipinski definition) is 4. The SMILES string of the molecule is CCNC(=O)CNC(=O)c1c[nH]c2cc(N)ccc12. The summed E-state index contributed by atoms with van der Waals surface area (Å²) in [7, 11) is 0. The average Bonchev–Trinajstić information content (AvgIpc) is 2.79. The fourth-order valence-corrected chi connectivity index (χ4v) is 1.85. The highest BCUT2D eigenvalue weighted by Crippen LogP contribution is 2.20. The van der Waals surface area contributed by atoms with Crippen LogP contribution in [0.3, 0.4) is 0 Å². The van der Waals surface area contributed by atoms with E-state index in [9.17, 15) is 9.59 Å². The summed E-state index contributed by atoms with van der Waals surface area (Å²) in [6.07, 6.45) is 1.61. The number of fused-ring (bicyclic) bond motifs is 1. The maximum Gasteiger partial charge on any atom is 0.253 e. The molecule has 6 nitrogen and oxygen atoms in total. The minimum absolute atomic E-state index is 0.0334. The number of nitrogen functional groups attached to an aromatic ring is 1. The lowest BCUT2D eigenvalue weighted by molar-refractivity contribution is -0.120. The molecule has 19 heavy (non-hydrogen) atoms. The van der Waals surface area contributed by atoms with Gasteiger partial charge in [0.1, 0.15) is 0 Å². The maximum atomic E-state index is 12.0. The van der Waals surface area contributed by atoms with Gasteiger partial charge in [-0.15, -0.1) is 0 Å². The van der Waals surface area contributed by atoms with Gasteiger partial charge in [0.2, 0.25) is 5.91 Å². The molecule has 0 spiro atoms. The van der Waals surface area contributed by atoms with Gasteiger partial charge in [-0.25, -0.2) is 0 Å². The zero-order valence-corrected chi connectivity index (χ0v) is 10.6. The molecule has 0 saturated heterocycles. The van der Waals surface area contributed by atoms with Gasteiger partial charge in [-0.3, -0.25) is 9.59 Å². The molecule has 0 aliphatic heterocycles. The van der Waals surface area contributed by atoms with Crippen LogP contribution in [0.4, 0.5) is 5.69 Å². The number of carbonyl (C=O) groups is 2. The van der Waals surface area contributed by atoms with Crippen molar-refractivity contribution in [3.8, 4) is 0 Å². The zero-order valence-electron chi connectivity index (χ0n) is 10.6. The summed E-state index contributed by atoms with van der Waals surface area (Å²) in [4.78, 5) is 26.2. The molecule has 0 aliphatic carbocycles. The first-order chi connectivity index (χ1) is 9.11. The standard InChI is InChI=1S/C13H16N4O2/c1-2-15-12(18)7-17-13(19)10-6-16-11-5-8(14)3-4-9(10)11/h3-6,16H,2,7,14H2,1H3,(H,15,18)(H,17,19). The molecular formula is C13H16N4O2. The molecule has 0 saturated carbocycles. The summed E-state index contributed by atoms with van der Waals surface area (Å²) < 4.78 is 0. The van der Waals surface area contributed by atoms with Gasteiger partial charge in [-0.2, -0.15) is 0 Å². The predicted molar refractivity (Wildman–Crippen MR) is 73.7 cm³/mol. The minimum Gasteiger partial charge on any atom is -0.399 e. The first kappa shape index (κ1) is 12.9. The Morgan fingerprint density at radius 3 is 2.84 bits per heavy atom. The Bertz CT molecular complexity index is 618. The second-order valence-electron chi connectivity index (χ2n) is 4.14. The van der Waals surface area contributed by atoms with Crippen molar-refractivity contribution in [3.05, 3.63) is 30.0 Å². The van der Waals surface area contributed by atoms with Crippen molar-refractivity contribution >= 4 is 28.4 Å². The van der Waals surface area contributed by atoms with Crippen molar-refractivity contribution in [2.45, 2.75) is 6.92 Å². The van der Waals surface area contributed by atoms with Gasteiger partial charge < -0.3 is 21.4 Å². The summed E-state index contributed by atoms with van der Waals surface area (Å²) in [6, 6.07) is 5.27. The van der Waals surface area contributed by atoms with Crippen molar-refractivity contribution in [1.29, 1.82) is 0 Å². The van der Waals surface area contributed by atoms with Crippen molar-refractivity contribution in [3.63, 3.8) is 0 Å². The number of nitrogens with one attached hydrogen (secondary N) is 3. The van der Waals surface area contributed by atoms with E-state index in [4.69, 9.17) is 5.73 Å². The third kappa shape index (κ3) is 2.85. The van der Waals surface area contributed by atoms with Crippen LogP contribution in [0.5, 0.6) is 0 Å². The number of aromatic amines is 1. The Balaban J connectivity index is 2.11. The largest absolute Gasteiger partial charge is 0.399 e. The molecule has 0 bridgehead atoms. The van der Waals surface area contributed by atoms with E-state index in [1.165, 1.54) is 0 Å². The van der Waals surface area contributed by atoms with Crippen molar-refractivity contribution in [2.24, 2.45) is 0 Å². The summed E-state index contributed by atoms with van der Waals surface area (Å²) in [6.45, 7) is 2.33. The van der Waals surface area contributed by atoms with Gasteiger partial charge in [0.05, 0.1) is 12.1 Å². The fourth-order valence-electron chi connectivity index (χ4n) is 1.85. The molecule has 6 heteroatoms. The van der Waals surface area contributed by atoms with Crippen LogP contribution in [0.2, 0.25) is 0 Å². The summed E-state index contributed by atoms with van der Waals surface area (Å²) in [5, 5.41) is 5.97. The fraction of sp³-hybridized carbons (Fsp3) is 0.231. The van der Waals surface area contributed by atoms with E-state index in [2.05, 4.69) is 15.6 Å². The normalized spacial score (nSPS) is 10.4. The molecule has 0 unspecified atom stereocenters. The lowest BCUT2D eigenvalue weighted by Gasteiger charge is -2.04. The van der Waals surface area contributed by atoms with E-state index in [-0.39, 0.29) is 18.4 Å². The topological polar surface area (TPSA) is 100 Å². The van der Waals surface area contributed by atoms with Gasteiger partial charge >= 0.3 is 0 Å². The highest BCUT2D eigenvalue weighted by molar-refractivity contribution is 6.07. The van der Waals surface area contributed by atoms with Gasteiger partial charge in [0.15, 0.2) is 0 Å². The van der Waals surface area contributed by atoms with Gasteiger partial charge in [-0.05, 0) is 25.1 Å². The number of rotatable bonds is 4. The molecule has 0 fully saturated rings. The molecule has 100 valence electrons. The zero-order chi connectivity index (χ0) is 13.8. The summed E-state index contributed by atoms with van der Waals surface area (Å²) in [5.74, 6) is -0.498. The van der Waals surface area contributed by atoms with Crippen LogP contribution in [0.25, 0.3) is 10.9 Å². The van der Waals surface area contributed by atoms with Crippen LogP contribution in [0, 0.1) is 0 Å². The van der Waals surface area contributed by atoms with Crippen LogP contribution in [-0.4, -0.2) is 29.9 Å². The minimum atomic E-state index is -0.290. The molecule has 0 radical (unpaired) electrons. The summed E-state index contributed by atoms with van der Waals surface area (Å²) >= 11 is 0. The predicted octanol–water partition coefficient (Wildman–Crippen LogP) is 0.616. The number of H-pyrrole nitrogens is 1. The van der Waals surface area contributed by atoms with E-state index in [0.29, 0.717) is 17.8 Å². The molecule has 0 aliphatic rings. The van der Waals surface area contributed by atoms with Gasteiger partial charge in [0.25, 0.3) is 5.91 Å². The highest BCUT2D eigenvalue weighted by atomic mass is 16.2. The molecule has 2 aromatic rings. The molecule has 2 rings (SSSR count). The number of amides is 2. The number of hydrogen-bond acceptors (Lipinski definition) is 3. The Morgan fingerprint density at radius 1 is 1.32 bits per heavy atom. The van der Waals surface area contributed by atoms with E-state index in [0.717, 1.165) is 10.9 Å². The Morgan fingerprint density at radius 2 is 2.11 bits per heavy atom. The van der Waals surface area contributed by atoms with Crippen molar-refractivity contribution in [2.75, 3.05) is 18.8 Å². The molecule has 0 atom stereocenters. The Labute approximate surface area is 110 Å². The number of nitrogens with two attached hydrogens (primary N) is 1. The van der Waals surface area contributed by atoms with Crippen LogP contribution < -0.4 is 16.4 Å². The highest BCUT2D eigenvalue weighted by Gasteiger charge is 2.12. The average molecular weight is 260 g/mol.